The van der Waals surface area contributed by atoms with Crippen LogP contribution in [-0.4, -0.2) is 31.2 Å². The molecule has 1 atom stereocenters. The first-order valence-corrected chi connectivity index (χ1v) is 8.05. The predicted molar refractivity (Wildman–Crippen MR) is 83.6 cm³/mol. The van der Waals surface area contributed by atoms with Crippen LogP contribution in [0.5, 0.6) is 0 Å². The topological polar surface area (TPSA) is 58.6 Å². The monoisotopic (exact) mass is 302 g/mol. The van der Waals surface area contributed by atoms with E-state index in [2.05, 4.69) is 5.32 Å². The minimum Gasteiger partial charge on any atom is -0.444 e. The molecule has 1 aromatic carbocycles. The Balaban J connectivity index is 1.44. The van der Waals surface area contributed by atoms with E-state index in [9.17, 15) is 9.59 Å². The Hall–Kier alpha value is -2.04. The van der Waals surface area contributed by atoms with Crippen LogP contribution in [0.2, 0.25) is 0 Å². The molecule has 0 aromatic heterocycles. The van der Waals surface area contributed by atoms with Crippen molar-refractivity contribution in [3.63, 3.8) is 0 Å². The standard InChI is InChI=1S/C17H22N2O3/c20-16(13-6-4-5-7-13)18-11-10-15-12-19(17(21)22-15)14-8-2-1-3-9-14/h1-3,8-9,13,15H,4-7,10-12H2,(H,18,20). The zero-order chi connectivity index (χ0) is 15.4. The van der Waals surface area contributed by atoms with Crippen LogP contribution in [0.25, 0.3) is 0 Å². The molecule has 1 aliphatic heterocycles. The van der Waals surface area contributed by atoms with Gasteiger partial charge in [-0.1, -0.05) is 31.0 Å². The number of carbonyl (C=O) groups excluding carboxylic acids is 2. The van der Waals surface area contributed by atoms with Gasteiger partial charge in [0.2, 0.25) is 5.91 Å². The lowest BCUT2D eigenvalue weighted by Gasteiger charge is -2.13. The zero-order valence-corrected chi connectivity index (χ0v) is 12.7. The van der Waals surface area contributed by atoms with Gasteiger partial charge in [-0.3, -0.25) is 9.69 Å². The van der Waals surface area contributed by atoms with Crippen molar-refractivity contribution in [2.75, 3.05) is 18.0 Å². The summed E-state index contributed by atoms with van der Waals surface area (Å²) in [6.45, 7) is 1.11. The summed E-state index contributed by atoms with van der Waals surface area (Å²) >= 11 is 0. The number of hydrogen-bond acceptors (Lipinski definition) is 3. The van der Waals surface area contributed by atoms with Crippen LogP contribution in [0.4, 0.5) is 10.5 Å². The van der Waals surface area contributed by atoms with Crippen LogP contribution in [0.1, 0.15) is 32.1 Å². The van der Waals surface area contributed by atoms with Gasteiger partial charge in [-0.25, -0.2) is 4.79 Å². The van der Waals surface area contributed by atoms with Gasteiger partial charge in [-0.05, 0) is 25.0 Å². The number of ether oxygens (including phenoxy) is 1. The van der Waals surface area contributed by atoms with Crippen LogP contribution >= 0.6 is 0 Å². The van der Waals surface area contributed by atoms with E-state index in [-0.39, 0.29) is 24.0 Å². The summed E-state index contributed by atoms with van der Waals surface area (Å²) in [5.74, 6) is 0.341. The van der Waals surface area contributed by atoms with Crippen molar-refractivity contribution in [1.29, 1.82) is 0 Å². The van der Waals surface area contributed by atoms with Gasteiger partial charge in [0.25, 0.3) is 0 Å². The van der Waals surface area contributed by atoms with Gasteiger partial charge in [-0.15, -0.1) is 0 Å². The summed E-state index contributed by atoms with van der Waals surface area (Å²) in [4.78, 5) is 25.5. The van der Waals surface area contributed by atoms with Gasteiger partial charge >= 0.3 is 6.09 Å². The Labute approximate surface area is 130 Å². The van der Waals surface area contributed by atoms with Crippen molar-refractivity contribution in [3.8, 4) is 0 Å². The second kappa shape index (κ2) is 6.81. The van der Waals surface area contributed by atoms with Gasteiger partial charge in [0.05, 0.1) is 6.54 Å². The highest BCUT2D eigenvalue weighted by Crippen LogP contribution is 2.25. The Morgan fingerprint density at radius 3 is 2.68 bits per heavy atom. The fourth-order valence-electron chi connectivity index (χ4n) is 3.18. The highest BCUT2D eigenvalue weighted by molar-refractivity contribution is 5.89. The maximum atomic E-state index is 11.9. The molecule has 1 aliphatic carbocycles. The number of rotatable bonds is 5. The molecule has 118 valence electrons. The highest BCUT2D eigenvalue weighted by atomic mass is 16.6. The molecule has 1 saturated heterocycles. The molecule has 1 heterocycles. The summed E-state index contributed by atoms with van der Waals surface area (Å²) < 4.78 is 5.37. The smallest absolute Gasteiger partial charge is 0.414 e. The Morgan fingerprint density at radius 1 is 1.23 bits per heavy atom. The summed E-state index contributed by atoms with van der Waals surface area (Å²) in [5.41, 5.74) is 0.852. The third-order valence-corrected chi connectivity index (χ3v) is 4.43. The second-order valence-corrected chi connectivity index (χ2v) is 6.01. The maximum Gasteiger partial charge on any atom is 0.414 e. The molecule has 1 saturated carbocycles. The number of carbonyl (C=O) groups is 2. The summed E-state index contributed by atoms with van der Waals surface area (Å²) in [5, 5.41) is 2.97. The largest absolute Gasteiger partial charge is 0.444 e. The fraction of sp³-hybridized carbons (Fsp3) is 0.529. The van der Waals surface area contributed by atoms with E-state index in [1.807, 2.05) is 30.3 Å². The van der Waals surface area contributed by atoms with Crippen molar-refractivity contribution in [3.05, 3.63) is 30.3 Å². The van der Waals surface area contributed by atoms with E-state index >= 15 is 0 Å². The first-order chi connectivity index (χ1) is 10.7. The average Bonchev–Trinajstić information content (AvgIpc) is 3.18. The number of hydrogen-bond donors (Lipinski definition) is 1. The number of nitrogens with one attached hydrogen (secondary N) is 1. The molecule has 1 N–H and O–H groups in total. The second-order valence-electron chi connectivity index (χ2n) is 6.01. The number of benzene rings is 1. The van der Waals surface area contributed by atoms with Crippen molar-refractivity contribution >= 4 is 17.7 Å². The summed E-state index contributed by atoms with van der Waals surface area (Å²) in [6.07, 6.45) is 4.52. The first-order valence-electron chi connectivity index (χ1n) is 8.05. The molecule has 0 bridgehead atoms. The summed E-state index contributed by atoms with van der Waals surface area (Å²) in [7, 11) is 0. The molecular formula is C17H22N2O3. The first kappa shape index (κ1) is 14.9. The van der Waals surface area contributed by atoms with Gasteiger partial charge in [0.15, 0.2) is 0 Å². The number of amides is 2. The quantitative estimate of drug-likeness (QED) is 0.910. The molecule has 5 heteroatoms. The molecule has 5 nitrogen and oxygen atoms in total. The van der Waals surface area contributed by atoms with Crippen LogP contribution in [0, 0.1) is 5.92 Å². The molecule has 2 aliphatic rings. The molecule has 22 heavy (non-hydrogen) atoms. The molecule has 1 unspecified atom stereocenters. The molecule has 1 aromatic rings. The van der Waals surface area contributed by atoms with Crippen molar-refractivity contribution in [1.82, 2.24) is 5.32 Å². The third kappa shape index (κ3) is 3.40. The lowest BCUT2D eigenvalue weighted by molar-refractivity contribution is -0.124. The third-order valence-electron chi connectivity index (χ3n) is 4.43. The zero-order valence-electron chi connectivity index (χ0n) is 12.7. The van der Waals surface area contributed by atoms with Crippen LogP contribution in [0.3, 0.4) is 0 Å². The molecule has 0 spiro atoms. The number of para-hydroxylation sites is 1. The lowest BCUT2D eigenvalue weighted by atomic mass is 10.1. The van der Waals surface area contributed by atoms with Gasteiger partial charge < -0.3 is 10.1 Å². The van der Waals surface area contributed by atoms with Crippen LogP contribution < -0.4 is 10.2 Å². The maximum absolute atomic E-state index is 11.9. The molecule has 2 amide bonds. The molecule has 0 radical (unpaired) electrons. The van der Waals surface area contributed by atoms with E-state index in [1.54, 1.807) is 4.90 Å². The minimum absolute atomic E-state index is 0.154. The number of nitrogens with zero attached hydrogens (tertiary/aromatic N) is 1. The highest BCUT2D eigenvalue weighted by Gasteiger charge is 2.32. The number of anilines is 1. The fourth-order valence-corrected chi connectivity index (χ4v) is 3.18. The van der Waals surface area contributed by atoms with E-state index in [1.165, 1.54) is 0 Å². The predicted octanol–water partition coefficient (Wildman–Crippen LogP) is 2.71. The SMILES string of the molecule is O=C(NCCC1CN(c2ccccc2)C(=O)O1)C1CCCC1. The van der Waals surface area contributed by atoms with Crippen LogP contribution in [-0.2, 0) is 9.53 Å². The van der Waals surface area contributed by atoms with Crippen molar-refractivity contribution in [2.24, 2.45) is 5.92 Å². The Morgan fingerprint density at radius 2 is 1.95 bits per heavy atom. The average molecular weight is 302 g/mol. The van der Waals surface area contributed by atoms with Gasteiger partial charge in [-0.2, -0.15) is 0 Å². The Bertz CT molecular complexity index is 526. The van der Waals surface area contributed by atoms with E-state index < -0.39 is 0 Å². The van der Waals surface area contributed by atoms with E-state index in [0.717, 1.165) is 31.4 Å². The van der Waals surface area contributed by atoms with Crippen molar-refractivity contribution in [2.45, 2.75) is 38.2 Å². The van der Waals surface area contributed by atoms with Crippen LogP contribution in [0.15, 0.2) is 30.3 Å². The number of cyclic esters (lactones) is 1. The van der Waals surface area contributed by atoms with Gasteiger partial charge in [0, 0.05) is 24.6 Å². The van der Waals surface area contributed by atoms with Crippen molar-refractivity contribution < 1.29 is 14.3 Å². The molecule has 2 fully saturated rings. The molecule has 3 rings (SSSR count). The Kier molecular flexibility index (Phi) is 4.61. The van der Waals surface area contributed by atoms with Gasteiger partial charge in [0.1, 0.15) is 6.10 Å². The lowest BCUT2D eigenvalue weighted by Crippen LogP contribution is -2.32. The minimum atomic E-state index is -0.307. The van der Waals surface area contributed by atoms with E-state index in [4.69, 9.17) is 4.74 Å². The normalized spacial score (nSPS) is 21.9. The van der Waals surface area contributed by atoms with E-state index in [0.29, 0.717) is 19.5 Å². The molecular weight excluding hydrogens is 280 g/mol. The summed E-state index contributed by atoms with van der Waals surface area (Å²) in [6, 6.07) is 9.51.